The number of amides is 3. The Hall–Kier alpha value is -3.03. The van der Waals surface area contributed by atoms with Gasteiger partial charge in [-0.05, 0) is 25.5 Å². The number of anilines is 1. The second kappa shape index (κ2) is 7.07. The number of fused-ring (bicyclic) bond motifs is 1. The zero-order valence-electron chi connectivity index (χ0n) is 14.3. The summed E-state index contributed by atoms with van der Waals surface area (Å²) in [6.45, 7) is 3.17. The van der Waals surface area contributed by atoms with Crippen molar-refractivity contribution < 1.29 is 18.4 Å². The van der Waals surface area contributed by atoms with Gasteiger partial charge < -0.3 is 15.5 Å². The highest BCUT2D eigenvalue weighted by Crippen LogP contribution is 2.32. The number of aromatic nitrogens is 1. The number of benzene rings is 1. The van der Waals surface area contributed by atoms with Gasteiger partial charge in [0.1, 0.15) is 18.2 Å². The van der Waals surface area contributed by atoms with E-state index in [4.69, 9.17) is 0 Å². The molecule has 8 heteroatoms. The molecule has 0 spiro atoms. The summed E-state index contributed by atoms with van der Waals surface area (Å²) in [7, 11) is 0. The topological polar surface area (TPSA) is 74.3 Å². The van der Waals surface area contributed by atoms with Crippen molar-refractivity contribution in [2.24, 2.45) is 0 Å². The molecule has 0 fully saturated rings. The summed E-state index contributed by atoms with van der Waals surface area (Å²) in [5.74, 6) is -2.09. The number of para-hydroxylation sites is 1. The van der Waals surface area contributed by atoms with Gasteiger partial charge >= 0.3 is 6.03 Å². The molecule has 136 valence electrons. The molecule has 6 nitrogen and oxygen atoms in total. The summed E-state index contributed by atoms with van der Waals surface area (Å²) in [6, 6.07) is 6.63. The first kappa shape index (κ1) is 17.8. The van der Waals surface area contributed by atoms with Crippen LogP contribution in [-0.4, -0.2) is 28.4 Å². The molecule has 1 aliphatic heterocycles. The van der Waals surface area contributed by atoms with Crippen LogP contribution in [-0.2, 0) is 4.79 Å². The Labute approximate surface area is 149 Å². The van der Waals surface area contributed by atoms with Crippen molar-refractivity contribution in [1.82, 2.24) is 15.2 Å². The first-order chi connectivity index (χ1) is 12.4. The lowest BCUT2D eigenvalue weighted by Crippen LogP contribution is -2.47. The lowest BCUT2D eigenvalue weighted by atomic mass is 10.0. The summed E-state index contributed by atoms with van der Waals surface area (Å²) in [6.07, 6.45) is 0.887. The summed E-state index contributed by atoms with van der Waals surface area (Å²) < 4.78 is 26.7. The molecule has 3 rings (SSSR count). The standard InChI is InChI=1S/C18H18F2N4O2/c1-10(17-14(20)7-12(19)8-21-17)22-16(25)9-24-11(2)13-5-3-4-6-15(13)23-18(24)26/h3-8,10-11H,9H2,1-2H3,(H,22,25)(H,23,26)/t10-,11-/m1/s1. The summed E-state index contributed by atoms with van der Waals surface area (Å²) in [5.41, 5.74) is 1.55. The maximum atomic E-state index is 13.8. The Morgan fingerprint density at radius 1 is 1.38 bits per heavy atom. The Kier molecular flexibility index (Phi) is 4.83. The van der Waals surface area contributed by atoms with Gasteiger partial charge in [0.15, 0.2) is 0 Å². The SMILES string of the molecule is C[C@@H]1c2ccccc2NC(=O)N1CC(=O)N[C@H](C)c1ncc(F)cc1F. The summed E-state index contributed by atoms with van der Waals surface area (Å²) in [4.78, 5) is 29.7. The van der Waals surface area contributed by atoms with Gasteiger partial charge in [-0.3, -0.25) is 9.78 Å². The van der Waals surface area contributed by atoms with E-state index in [0.717, 1.165) is 11.8 Å². The van der Waals surface area contributed by atoms with Crippen LogP contribution in [0.5, 0.6) is 0 Å². The molecule has 0 aliphatic carbocycles. The van der Waals surface area contributed by atoms with Crippen molar-refractivity contribution in [3.63, 3.8) is 0 Å². The Bertz CT molecular complexity index is 859. The normalized spacial score (nSPS) is 17.3. The van der Waals surface area contributed by atoms with E-state index in [1.165, 1.54) is 11.8 Å². The molecule has 3 amide bonds. The van der Waals surface area contributed by atoms with Crippen LogP contribution in [0, 0.1) is 11.6 Å². The van der Waals surface area contributed by atoms with Gasteiger partial charge in [0.2, 0.25) is 5.91 Å². The van der Waals surface area contributed by atoms with E-state index in [1.807, 2.05) is 25.1 Å². The monoisotopic (exact) mass is 360 g/mol. The Balaban J connectivity index is 1.69. The molecule has 2 atom stereocenters. The predicted octanol–water partition coefficient (Wildman–Crippen LogP) is 3.15. The van der Waals surface area contributed by atoms with Gasteiger partial charge in [-0.15, -0.1) is 0 Å². The number of hydrogen-bond acceptors (Lipinski definition) is 3. The van der Waals surface area contributed by atoms with E-state index in [1.54, 1.807) is 6.07 Å². The number of rotatable bonds is 4. The molecule has 1 aromatic carbocycles. The van der Waals surface area contributed by atoms with E-state index in [9.17, 15) is 18.4 Å². The van der Waals surface area contributed by atoms with Crippen LogP contribution in [0.3, 0.4) is 0 Å². The highest BCUT2D eigenvalue weighted by Gasteiger charge is 2.30. The minimum Gasteiger partial charge on any atom is -0.346 e. The summed E-state index contributed by atoms with van der Waals surface area (Å²) >= 11 is 0. The van der Waals surface area contributed by atoms with E-state index in [-0.39, 0.29) is 24.3 Å². The fourth-order valence-corrected chi connectivity index (χ4v) is 2.97. The second-order valence-corrected chi connectivity index (χ2v) is 6.13. The van der Waals surface area contributed by atoms with Gasteiger partial charge in [0.25, 0.3) is 0 Å². The molecule has 0 saturated carbocycles. The van der Waals surface area contributed by atoms with E-state index in [0.29, 0.717) is 11.8 Å². The van der Waals surface area contributed by atoms with Crippen molar-refractivity contribution in [2.75, 3.05) is 11.9 Å². The molecule has 1 aromatic heterocycles. The van der Waals surface area contributed by atoms with Crippen molar-refractivity contribution in [3.05, 3.63) is 59.4 Å². The number of halogens is 2. The lowest BCUT2D eigenvalue weighted by Gasteiger charge is -2.35. The predicted molar refractivity (Wildman–Crippen MR) is 91.3 cm³/mol. The van der Waals surface area contributed by atoms with E-state index < -0.39 is 23.6 Å². The van der Waals surface area contributed by atoms with Crippen molar-refractivity contribution in [3.8, 4) is 0 Å². The van der Waals surface area contributed by atoms with Crippen LogP contribution in [0.15, 0.2) is 36.5 Å². The first-order valence-corrected chi connectivity index (χ1v) is 8.13. The molecule has 2 heterocycles. The van der Waals surface area contributed by atoms with Crippen LogP contribution >= 0.6 is 0 Å². The number of pyridine rings is 1. The molecule has 2 aromatic rings. The van der Waals surface area contributed by atoms with Crippen molar-refractivity contribution in [2.45, 2.75) is 25.9 Å². The van der Waals surface area contributed by atoms with Crippen LogP contribution < -0.4 is 10.6 Å². The minimum atomic E-state index is -0.837. The third kappa shape index (κ3) is 3.49. The molecule has 0 radical (unpaired) electrons. The average Bonchev–Trinajstić information content (AvgIpc) is 2.58. The third-order valence-corrected chi connectivity index (χ3v) is 4.32. The molecular formula is C18H18F2N4O2. The molecular weight excluding hydrogens is 342 g/mol. The zero-order valence-corrected chi connectivity index (χ0v) is 14.3. The quantitative estimate of drug-likeness (QED) is 0.880. The van der Waals surface area contributed by atoms with Crippen molar-refractivity contribution >= 4 is 17.6 Å². The van der Waals surface area contributed by atoms with Crippen LogP contribution in [0.1, 0.15) is 37.2 Å². The lowest BCUT2D eigenvalue weighted by molar-refractivity contribution is -0.122. The Morgan fingerprint density at radius 2 is 2.12 bits per heavy atom. The fraction of sp³-hybridized carbons (Fsp3) is 0.278. The van der Waals surface area contributed by atoms with E-state index in [2.05, 4.69) is 15.6 Å². The molecule has 1 aliphatic rings. The van der Waals surface area contributed by atoms with E-state index >= 15 is 0 Å². The molecule has 0 bridgehead atoms. The number of urea groups is 1. The number of nitrogens with zero attached hydrogens (tertiary/aromatic N) is 2. The van der Waals surface area contributed by atoms with Crippen LogP contribution in [0.25, 0.3) is 0 Å². The number of carbonyl (C=O) groups is 2. The molecule has 2 N–H and O–H groups in total. The second-order valence-electron chi connectivity index (χ2n) is 6.13. The van der Waals surface area contributed by atoms with Crippen LogP contribution in [0.4, 0.5) is 19.3 Å². The van der Waals surface area contributed by atoms with Crippen LogP contribution in [0.2, 0.25) is 0 Å². The number of hydrogen-bond donors (Lipinski definition) is 2. The van der Waals surface area contributed by atoms with Gasteiger partial charge in [-0.25, -0.2) is 13.6 Å². The first-order valence-electron chi connectivity index (χ1n) is 8.13. The minimum absolute atomic E-state index is 0.0683. The largest absolute Gasteiger partial charge is 0.346 e. The highest BCUT2D eigenvalue weighted by atomic mass is 19.1. The smallest absolute Gasteiger partial charge is 0.322 e. The molecule has 26 heavy (non-hydrogen) atoms. The maximum Gasteiger partial charge on any atom is 0.322 e. The highest BCUT2D eigenvalue weighted by molar-refractivity contribution is 5.95. The third-order valence-electron chi connectivity index (χ3n) is 4.32. The zero-order chi connectivity index (χ0) is 18.8. The molecule has 0 saturated heterocycles. The van der Waals surface area contributed by atoms with Gasteiger partial charge in [0.05, 0.1) is 24.0 Å². The van der Waals surface area contributed by atoms with Gasteiger partial charge in [0, 0.05) is 11.8 Å². The average molecular weight is 360 g/mol. The van der Waals surface area contributed by atoms with Crippen molar-refractivity contribution in [1.29, 1.82) is 0 Å². The van der Waals surface area contributed by atoms with Gasteiger partial charge in [-0.1, -0.05) is 18.2 Å². The number of nitrogens with one attached hydrogen (secondary N) is 2. The summed E-state index contributed by atoms with van der Waals surface area (Å²) in [5, 5.41) is 5.32. The Morgan fingerprint density at radius 3 is 2.85 bits per heavy atom. The fourth-order valence-electron chi connectivity index (χ4n) is 2.97. The maximum absolute atomic E-state index is 13.8. The molecule has 0 unspecified atom stereocenters. The van der Waals surface area contributed by atoms with Gasteiger partial charge in [-0.2, -0.15) is 0 Å². The number of carbonyl (C=O) groups excluding carboxylic acids is 2.